The summed E-state index contributed by atoms with van der Waals surface area (Å²) in [7, 11) is 1.65. The van der Waals surface area contributed by atoms with Gasteiger partial charge in [-0.25, -0.2) is 0 Å². The molecule has 0 aliphatic heterocycles. The lowest BCUT2D eigenvalue weighted by molar-refractivity contribution is 0.412. The van der Waals surface area contributed by atoms with Gasteiger partial charge in [0.15, 0.2) is 0 Å². The second-order valence-corrected chi connectivity index (χ2v) is 5.10. The molecular weight excluding hydrogens is 306 g/mol. The van der Waals surface area contributed by atoms with Crippen LogP contribution >= 0.6 is 15.9 Å². The molecule has 0 radical (unpaired) electrons. The van der Waals surface area contributed by atoms with Crippen LogP contribution in [0.25, 0.3) is 0 Å². The third kappa shape index (κ3) is 3.23. The SMILES string of the molecule is COc1ccc(NC(C)c2nccnc2C)cc1Br. The molecule has 1 heterocycles. The fraction of sp³-hybridized carbons (Fsp3) is 0.286. The van der Waals surface area contributed by atoms with E-state index in [2.05, 4.69) is 38.1 Å². The molecular formula is C14H16BrN3O. The molecule has 1 aromatic heterocycles. The van der Waals surface area contributed by atoms with Crippen LogP contribution in [-0.2, 0) is 0 Å². The molecule has 1 N–H and O–H groups in total. The highest BCUT2D eigenvalue weighted by Gasteiger charge is 2.11. The van der Waals surface area contributed by atoms with Crippen LogP contribution in [-0.4, -0.2) is 17.1 Å². The molecule has 0 aliphatic rings. The van der Waals surface area contributed by atoms with Gasteiger partial charge in [0.2, 0.25) is 0 Å². The number of ether oxygens (including phenoxy) is 1. The molecule has 0 bridgehead atoms. The Hall–Kier alpha value is -1.62. The number of hydrogen-bond acceptors (Lipinski definition) is 4. The Morgan fingerprint density at radius 1 is 1.26 bits per heavy atom. The highest BCUT2D eigenvalue weighted by atomic mass is 79.9. The summed E-state index contributed by atoms with van der Waals surface area (Å²) in [4.78, 5) is 8.62. The van der Waals surface area contributed by atoms with E-state index >= 15 is 0 Å². The zero-order valence-electron chi connectivity index (χ0n) is 11.1. The van der Waals surface area contributed by atoms with Gasteiger partial charge >= 0.3 is 0 Å². The van der Waals surface area contributed by atoms with Crippen molar-refractivity contribution in [1.29, 1.82) is 0 Å². The third-order valence-corrected chi connectivity index (χ3v) is 3.48. The van der Waals surface area contributed by atoms with Gasteiger partial charge in [0.05, 0.1) is 29.0 Å². The summed E-state index contributed by atoms with van der Waals surface area (Å²) in [5, 5.41) is 3.40. The molecule has 0 fully saturated rings. The van der Waals surface area contributed by atoms with Gasteiger partial charge in [0.25, 0.3) is 0 Å². The van der Waals surface area contributed by atoms with Crippen LogP contribution in [0.4, 0.5) is 5.69 Å². The molecule has 19 heavy (non-hydrogen) atoms. The van der Waals surface area contributed by atoms with E-state index in [9.17, 15) is 0 Å². The number of nitrogens with zero attached hydrogens (tertiary/aromatic N) is 2. The van der Waals surface area contributed by atoms with E-state index in [4.69, 9.17) is 4.74 Å². The lowest BCUT2D eigenvalue weighted by atomic mass is 10.1. The van der Waals surface area contributed by atoms with Crippen molar-refractivity contribution >= 4 is 21.6 Å². The summed E-state index contributed by atoms with van der Waals surface area (Å²) in [5.41, 5.74) is 2.90. The number of aryl methyl sites for hydroxylation is 1. The fourth-order valence-corrected chi connectivity index (χ4v) is 2.46. The first-order chi connectivity index (χ1) is 9.11. The van der Waals surface area contributed by atoms with Crippen LogP contribution in [0.3, 0.4) is 0 Å². The number of rotatable bonds is 4. The maximum atomic E-state index is 5.21. The second-order valence-electron chi connectivity index (χ2n) is 4.24. The Morgan fingerprint density at radius 2 is 2.00 bits per heavy atom. The Labute approximate surface area is 121 Å². The molecule has 5 heteroatoms. The zero-order valence-corrected chi connectivity index (χ0v) is 12.7. The molecule has 4 nitrogen and oxygen atoms in total. The average molecular weight is 322 g/mol. The largest absolute Gasteiger partial charge is 0.496 e. The van der Waals surface area contributed by atoms with Gasteiger partial charge < -0.3 is 10.1 Å². The quantitative estimate of drug-likeness (QED) is 0.932. The van der Waals surface area contributed by atoms with Gasteiger partial charge in [-0.15, -0.1) is 0 Å². The summed E-state index contributed by atoms with van der Waals surface area (Å²) in [6, 6.07) is 5.98. The Morgan fingerprint density at radius 3 is 2.63 bits per heavy atom. The molecule has 1 aromatic carbocycles. The maximum Gasteiger partial charge on any atom is 0.133 e. The van der Waals surface area contributed by atoms with Gasteiger partial charge in [-0.05, 0) is 48.0 Å². The fourth-order valence-electron chi connectivity index (χ4n) is 1.92. The molecule has 0 amide bonds. The van der Waals surface area contributed by atoms with E-state index in [1.165, 1.54) is 0 Å². The van der Waals surface area contributed by atoms with E-state index in [-0.39, 0.29) is 6.04 Å². The average Bonchev–Trinajstić information content (AvgIpc) is 2.39. The number of halogens is 1. The number of hydrogen-bond donors (Lipinski definition) is 1. The van der Waals surface area contributed by atoms with Crippen molar-refractivity contribution in [1.82, 2.24) is 9.97 Å². The highest BCUT2D eigenvalue weighted by molar-refractivity contribution is 9.10. The van der Waals surface area contributed by atoms with Gasteiger partial charge in [0.1, 0.15) is 5.75 Å². The minimum Gasteiger partial charge on any atom is -0.496 e. The summed E-state index contributed by atoms with van der Waals surface area (Å²) in [5.74, 6) is 0.814. The first-order valence-electron chi connectivity index (χ1n) is 5.99. The van der Waals surface area contributed by atoms with Crippen molar-refractivity contribution in [2.24, 2.45) is 0 Å². The smallest absolute Gasteiger partial charge is 0.133 e. The number of anilines is 1. The molecule has 100 valence electrons. The van der Waals surface area contributed by atoms with Gasteiger partial charge in [0, 0.05) is 18.1 Å². The van der Waals surface area contributed by atoms with Crippen molar-refractivity contribution in [3.05, 3.63) is 46.5 Å². The number of benzene rings is 1. The monoisotopic (exact) mass is 321 g/mol. The summed E-state index contributed by atoms with van der Waals surface area (Å²) in [6.45, 7) is 4.03. The van der Waals surface area contributed by atoms with Gasteiger partial charge in [-0.1, -0.05) is 0 Å². The zero-order chi connectivity index (χ0) is 13.8. The minimum atomic E-state index is 0.0917. The van der Waals surface area contributed by atoms with Crippen LogP contribution in [0.1, 0.15) is 24.4 Å². The topological polar surface area (TPSA) is 47.0 Å². The van der Waals surface area contributed by atoms with Crippen LogP contribution in [0.15, 0.2) is 35.1 Å². The van der Waals surface area contributed by atoms with Crippen LogP contribution < -0.4 is 10.1 Å². The Kier molecular flexibility index (Phi) is 4.37. The lowest BCUT2D eigenvalue weighted by Crippen LogP contribution is -2.11. The van der Waals surface area contributed by atoms with E-state index in [0.29, 0.717) is 0 Å². The van der Waals surface area contributed by atoms with Crippen molar-refractivity contribution in [2.75, 3.05) is 12.4 Å². The van der Waals surface area contributed by atoms with Crippen LogP contribution in [0.2, 0.25) is 0 Å². The molecule has 2 aromatic rings. The normalized spacial score (nSPS) is 12.0. The standard InChI is InChI=1S/C14H16BrN3O/c1-9-14(17-7-6-16-9)10(2)18-11-4-5-13(19-3)12(15)8-11/h4-8,10,18H,1-3H3. The molecule has 0 aliphatic carbocycles. The predicted octanol–water partition coefficient (Wildman–Crippen LogP) is 3.73. The Balaban J connectivity index is 2.17. The molecule has 0 saturated heterocycles. The number of methoxy groups -OCH3 is 1. The van der Waals surface area contributed by atoms with E-state index in [0.717, 1.165) is 27.3 Å². The lowest BCUT2D eigenvalue weighted by Gasteiger charge is -2.16. The molecule has 2 rings (SSSR count). The summed E-state index contributed by atoms with van der Waals surface area (Å²) in [6.07, 6.45) is 3.42. The van der Waals surface area contributed by atoms with Crippen molar-refractivity contribution < 1.29 is 4.74 Å². The highest BCUT2D eigenvalue weighted by Crippen LogP contribution is 2.29. The summed E-state index contributed by atoms with van der Waals surface area (Å²) < 4.78 is 6.13. The number of nitrogens with one attached hydrogen (secondary N) is 1. The molecule has 1 unspecified atom stereocenters. The molecule has 1 atom stereocenters. The second kappa shape index (κ2) is 6.02. The first kappa shape index (κ1) is 13.8. The van der Waals surface area contributed by atoms with E-state index in [1.54, 1.807) is 19.5 Å². The third-order valence-electron chi connectivity index (χ3n) is 2.86. The Bertz CT molecular complexity index is 574. The van der Waals surface area contributed by atoms with Crippen molar-refractivity contribution in [3.8, 4) is 5.75 Å². The van der Waals surface area contributed by atoms with Crippen molar-refractivity contribution in [2.45, 2.75) is 19.9 Å². The number of aromatic nitrogens is 2. The van der Waals surface area contributed by atoms with Gasteiger partial charge in [-0.2, -0.15) is 0 Å². The van der Waals surface area contributed by atoms with E-state index in [1.807, 2.05) is 25.1 Å². The van der Waals surface area contributed by atoms with E-state index < -0.39 is 0 Å². The summed E-state index contributed by atoms with van der Waals surface area (Å²) >= 11 is 3.47. The van der Waals surface area contributed by atoms with Crippen LogP contribution in [0, 0.1) is 6.92 Å². The van der Waals surface area contributed by atoms with Crippen LogP contribution in [0.5, 0.6) is 5.75 Å². The first-order valence-corrected chi connectivity index (χ1v) is 6.78. The predicted molar refractivity (Wildman–Crippen MR) is 79.5 cm³/mol. The minimum absolute atomic E-state index is 0.0917. The molecule has 0 saturated carbocycles. The van der Waals surface area contributed by atoms with Gasteiger partial charge in [-0.3, -0.25) is 9.97 Å². The maximum absolute atomic E-state index is 5.21. The molecule has 0 spiro atoms. The van der Waals surface area contributed by atoms with Crippen molar-refractivity contribution in [3.63, 3.8) is 0 Å².